The van der Waals surface area contributed by atoms with Crippen molar-refractivity contribution in [2.24, 2.45) is 11.3 Å². The fraction of sp³-hybridized carbons (Fsp3) is 0.522. The SMILES string of the molecule is CC(C)(C)OC(=O)N1CCC2(CC1)CC2CNc1ccc(-c2cc(F)ccc2Cl)nn1. The molecule has 2 aromatic rings. The zero-order valence-corrected chi connectivity index (χ0v) is 18.9. The Bertz CT molecular complexity index is 953. The molecule has 1 N–H and O–H groups in total. The Balaban J connectivity index is 1.27. The molecule has 1 unspecified atom stereocenters. The van der Waals surface area contributed by atoms with Gasteiger partial charge < -0.3 is 15.0 Å². The molecular weight excluding hydrogens is 419 g/mol. The first-order valence-corrected chi connectivity index (χ1v) is 11.0. The Morgan fingerprint density at radius 3 is 2.65 bits per heavy atom. The second-order valence-electron chi connectivity index (χ2n) is 9.54. The maximum Gasteiger partial charge on any atom is 0.410 e. The predicted molar refractivity (Wildman–Crippen MR) is 119 cm³/mol. The summed E-state index contributed by atoms with van der Waals surface area (Å²) in [6, 6.07) is 7.82. The molecule has 166 valence electrons. The number of hydrogen-bond acceptors (Lipinski definition) is 5. The van der Waals surface area contributed by atoms with Gasteiger partial charge in [0.05, 0.1) is 10.7 Å². The minimum absolute atomic E-state index is 0.216. The molecule has 0 bridgehead atoms. The molecule has 1 atom stereocenters. The fourth-order valence-electron chi connectivity index (χ4n) is 4.29. The highest BCUT2D eigenvalue weighted by Gasteiger charge is 2.54. The molecule has 2 heterocycles. The number of anilines is 1. The lowest BCUT2D eigenvalue weighted by Gasteiger charge is -2.34. The summed E-state index contributed by atoms with van der Waals surface area (Å²) in [4.78, 5) is 14.1. The van der Waals surface area contributed by atoms with Crippen LogP contribution in [-0.2, 0) is 4.74 Å². The first kappa shape index (κ1) is 21.8. The van der Waals surface area contributed by atoms with Crippen LogP contribution in [0.25, 0.3) is 11.3 Å². The molecule has 1 aliphatic carbocycles. The van der Waals surface area contributed by atoms with Crippen LogP contribution in [0.3, 0.4) is 0 Å². The molecule has 1 aromatic carbocycles. The van der Waals surface area contributed by atoms with Gasteiger partial charge >= 0.3 is 6.09 Å². The number of carbonyl (C=O) groups excluding carboxylic acids is 1. The predicted octanol–water partition coefficient (Wildman–Crippen LogP) is 5.39. The number of rotatable bonds is 4. The first-order chi connectivity index (χ1) is 14.7. The number of likely N-dealkylation sites (tertiary alicyclic amines) is 1. The van der Waals surface area contributed by atoms with E-state index in [-0.39, 0.29) is 11.9 Å². The number of aromatic nitrogens is 2. The number of carbonyl (C=O) groups is 1. The van der Waals surface area contributed by atoms with Gasteiger partial charge in [-0.15, -0.1) is 10.2 Å². The molecule has 0 radical (unpaired) electrons. The number of benzene rings is 1. The van der Waals surface area contributed by atoms with Gasteiger partial charge in [0.1, 0.15) is 17.2 Å². The van der Waals surface area contributed by atoms with Gasteiger partial charge in [-0.1, -0.05) is 11.6 Å². The number of halogens is 2. The third kappa shape index (κ3) is 5.09. The van der Waals surface area contributed by atoms with Gasteiger partial charge in [-0.25, -0.2) is 9.18 Å². The van der Waals surface area contributed by atoms with Crippen LogP contribution in [0.1, 0.15) is 40.0 Å². The third-order valence-electron chi connectivity index (χ3n) is 6.17. The maximum absolute atomic E-state index is 13.5. The molecule has 1 amide bonds. The van der Waals surface area contributed by atoms with E-state index >= 15 is 0 Å². The standard InChI is InChI=1S/C23H28ClFN4O2/c1-22(2,3)31-21(30)29-10-8-23(9-11-29)13-15(23)14-26-20-7-6-19(27-28-20)17-12-16(25)4-5-18(17)24/h4-7,12,15H,8-11,13-14H2,1-3H3,(H,26,28). The smallest absolute Gasteiger partial charge is 0.410 e. The summed E-state index contributed by atoms with van der Waals surface area (Å²) in [6.45, 7) is 7.98. The van der Waals surface area contributed by atoms with Crippen LogP contribution in [0.15, 0.2) is 30.3 Å². The van der Waals surface area contributed by atoms with Crippen molar-refractivity contribution in [3.63, 3.8) is 0 Å². The number of ether oxygens (including phenoxy) is 1. The second kappa shape index (κ2) is 8.26. The van der Waals surface area contributed by atoms with Crippen molar-refractivity contribution in [2.75, 3.05) is 25.0 Å². The molecule has 1 saturated carbocycles. The molecule has 1 aliphatic heterocycles. The Kier molecular flexibility index (Phi) is 5.81. The Morgan fingerprint density at radius 1 is 1.26 bits per heavy atom. The Hall–Kier alpha value is -2.41. The summed E-state index contributed by atoms with van der Waals surface area (Å²) in [5.74, 6) is 0.886. The summed E-state index contributed by atoms with van der Waals surface area (Å²) in [5, 5.41) is 12.2. The van der Waals surface area contributed by atoms with Crippen LogP contribution < -0.4 is 5.32 Å². The van der Waals surface area contributed by atoms with E-state index in [1.807, 2.05) is 31.7 Å². The van der Waals surface area contributed by atoms with E-state index in [4.69, 9.17) is 16.3 Å². The number of nitrogens with zero attached hydrogens (tertiary/aromatic N) is 3. The highest BCUT2D eigenvalue weighted by molar-refractivity contribution is 6.33. The maximum atomic E-state index is 13.5. The summed E-state index contributed by atoms with van der Waals surface area (Å²) >= 11 is 6.14. The van der Waals surface area contributed by atoms with Gasteiger partial charge in [-0.2, -0.15) is 0 Å². The lowest BCUT2D eigenvalue weighted by atomic mass is 9.91. The highest BCUT2D eigenvalue weighted by Crippen LogP contribution is 2.59. The molecule has 1 aromatic heterocycles. The van der Waals surface area contributed by atoms with Gasteiger partial charge in [0.15, 0.2) is 0 Å². The Morgan fingerprint density at radius 2 is 2.00 bits per heavy atom. The van der Waals surface area contributed by atoms with Gasteiger partial charge in [0.25, 0.3) is 0 Å². The van der Waals surface area contributed by atoms with Crippen molar-refractivity contribution in [1.29, 1.82) is 0 Å². The number of nitrogens with one attached hydrogen (secondary N) is 1. The van der Waals surface area contributed by atoms with Crippen molar-refractivity contribution >= 4 is 23.5 Å². The van der Waals surface area contributed by atoms with Crippen LogP contribution in [0.4, 0.5) is 15.0 Å². The topological polar surface area (TPSA) is 67.3 Å². The summed E-state index contributed by atoms with van der Waals surface area (Å²) in [5.41, 5.74) is 0.911. The van der Waals surface area contributed by atoms with E-state index < -0.39 is 5.60 Å². The zero-order chi connectivity index (χ0) is 22.2. The van der Waals surface area contributed by atoms with Gasteiger partial charge in [-0.3, -0.25) is 0 Å². The average Bonchev–Trinajstić information content (AvgIpc) is 3.39. The third-order valence-corrected chi connectivity index (χ3v) is 6.50. The molecule has 2 fully saturated rings. The van der Waals surface area contributed by atoms with Crippen molar-refractivity contribution in [1.82, 2.24) is 15.1 Å². The average molecular weight is 447 g/mol. The van der Waals surface area contributed by atoms with Crippen LogP contribution in [0.2, 0.25) is 5.02 Å². The second-order valence-corrected chi connectivity index (χ2v) is 9.95. The zero-order valence-electron chi connectivity index (χ0n) is 18.1. The van der Waals surface area contributed by atoms with Crippen LogP contribution in [0, 0.1) is 17.2 Å². The molecule has 4 rings (SSSR count). The molecular formula is C23H28ClFN4O2. The van der Waals surface area contributed by atoms with E-state index in [9.17, 15) is 9.18 Å². The van der Waals surface area contributed by atoms with Crippen LogP contribution in [-0.4, -0.2) is 46.4 Å². The first-order valence-electron chi connectivity index (χ1n) is 10.7. The molecule has 8 heteroatoms. The van der Waals surface area contributed by atoms with E-state index in [1.165, 1.54) is 18.2 Å². The molecule has 1 spiro atoms. The monoisotopic (exact) mass is 446 g/mol. The van der Waals surface area contributed by atoms with Crippen molar-refractivity contribution in [3.8, 4) is 11.3 Å². The van der Waals surface area contributed by atoms with Gasteiger partial charge in [-0.05, 0) is 81.7 Å². The van der Waals surface area contributed by atoms with E-state index in [0.717, 1.165) is 38.9 Å². The van der Waals surface area contributed by atoms with Crippen LogP contribution >= 0.6 is 11.6 Å². The highest BCUT2D eigenvalue weighted by atomic mass is 35.5. The van der Waals surface area contributed by atoms with E-state index in [2.05, 4.69) is 15.5 Å². The van der Waals surface area contributed by atoms with Crippen molar-refractivity contribution in [2.45, 2.75) is 45.6 Å². The number of hydrogen-bond donors (Lipinski definition) is 1. The van der Waals surface area contributed by atoms with E-state index in [0.29, 0.717) is 33.4 Å². The summed E-state index contributed by atoms with van der Waals surface area (Å²) in [7, 11) is 0. The minimum Gasteiger partial charge on any atom is -0.444 e. The lowest BCUT2D eigenvalue weighted by Crippen LogP contribution is -2.42. The molecule has 6 nitrogen and oxygen atoms in total. The van der Waals surface area contributed by atoms with Gasteiger partial charge in [0, 0.05) is 25.2 Å². The van der Waals surface area contributed by atoms with Crippen molar-refractivity contribution in [3.05, 3.63) is 41.2 Å². The normalized spacial score (nSPS) is 19.9. The van der Waals surface area contributed by atoms with Gasteiger partial charge in [0.2, 0.25) is 0 Å². The van der Waals surface area contributed by atoms with Crippen molar-refractivity contribution < 1.29 is 13.9 Å². The van der Waals surface area contributed by atoms with E-state index in [1.54, 1.807) is 6.07 Å². The van der Waals surface area contributed by atoms with Crippen LogP contribution in [0.5, 0.6) is 0 Å². The minimum atomic E-state index is -0.463. The largest absolute Gasteiger partial charge is 0.444 e. The summed E-state index contributed by atoms with van der Waals surface area (Å²) < 4.78 is 19.0. The Labute approximate surface area is 187 Å². The molecule has 1 saturated heterocycles. The lowest BCUT2D eigenvalue weighted by molar-refractivity contribution is 0.0166. The summed E-state index contributed by atoms with van der Waals surface area (Å²) in [6.07, 6.45) is 2.95. The fourth-order valence-corrected chi connectivity index (χ4v) is 4.50. The molecule has 2 aliphatic rings. The number of amides is 1. The number of piperidine rings is 1. The quantitative estimate of drug-likeness (QED) is 0.682. The molecule has 31 heavy (non-hydrogen) atoms.